The number of nitrogens with one attached hydrogen (secondary N) is 1. The Morgan fingerprint density at radius 3 is 2.89 bits per heavy atom. The molecule has 2 aromatic heterocycles. The van der Waals surface area contributed by atoms with E-state index in [4.69, 9.17) is 4.42 Å². The zero-order chi connectivity index (χ0) is 19.7. The van der Waals surface area contributed by atoms with E-state index in [1.165, 1.54) is 23.9 Å². The van der Waals surface area contributed by atoms with E-state index in [2.05, 4.69) is 31.4 Å². The number of thioether (sulfide) groups is 1. The number of hydrogen-bond acceptors (Lipinski definition) is 5. The highest BCUT2D eigenvalue weighted by Gasteiger charge is 2.17. The van der Waals surface area contributed by atoms with Crippen LogP contribution in [0.2, 0.25) is 0 Å². The van der Waals surface area contributed by atoms with Crippen LogP contribution in [0, 0.1) is 5.82 Å². The molecule has 4 aromatic rings. The number of amides is 1. The number of rotatable bonds is 5. The van der Waals surface area contributed by atoms with Crippen molar-refractivity contribution < 1.29 is 13.6 Å². The van der Waals surface area contributed by atoms with Crippen LogP contribution in [-0.2, 0) is 11.8 Å². The van der Waals surface area contributed by atoms with Gasteiger partial charge in [-0.2, -0.15) is 0 Å². The number of para-hydroxylation sites is 1. The van der Waals surface area contributed by atoms with Crippen LogP contribution in [0.5, 0.6) is 0 Å². The Kier molecular flexibility index (Phi) is 5.19. The number of furan rings is 1. The Balaban J connectivity index is 1.47. The van der Waals surface area contributed by atoms with E-state index in [9.17, 15) is 9.18 Å². The van der Waals surface area contributed by atoms with Crippen molar-refractivity contribution in [2.75, 3.05) is 11.1 Å². The number of fused-ring (bicyclic) bond motifs is 1. The molecule has 0 saturated carbocycles. The monoisotopic (exact) mass is 460 g/mol. The third-order valence-corrected chi connectivity index (χ3v) is 5.53. The van der Waals surface area contributed by atoms with Crippen molar-refractivity contribution in [1.29, 1.82) is 0 Å². The summed E-state index contributed by atoms with van der Waals surface area (Å²) in [5, 5.41) is 12.4. The first-order valence-corrected chi connectivity index (χ1v) is 10.0. The number of halogens is 2. The molecule has 0 aliphatic rings. The third kappa shape index (κ3) is 3.81. The topological polar surface area (TPSA) is 73.0 Å². The highest BCUT2D eigenvalue weighted by molar-refractivity contribution is 9.10. The average Bonchev–Trinajstić information content (AvgIpc) is 3.24. The molecule has 0 spiro atoms. The van der Waals surface area contributed by atoms with E-state index in [1.807, 2.05) is 24.3 Å². The van der Waals surface area contributed by atoms with Gasteiger partial charge in [-0.05, 0) is 36.4 Å². The zero-order valence-electron chi connectivity index (χ0n) is 14.6. The molecule has 1 N–H and O–H groups in total. The van der Waals surface area contributed by atoms with Crippen molar-refractivity contribution in [1.82, 2.24) is 14.8 Å². The van der Waals surface area contributed by atoms with Crippen LogP contribution in [0.15, 0.2) is 62.6 Å². The first kappa shape index (κ1) is 18.7. The molecule has 0 fully saturated rings. The maximum absolute atomic E-state index is 13.6. The molecule has 0 radical (unpaired) electrons. The van der Waals surface area contributed by atoms with Crippen LogP contribution >= 0.6 is 27.7 Å². The van der Waals surface area contributed by atoms with Crippen LogP contribution in [-0.4, -0.2) is 26.4 Å². The van der Waals surface area contributed by atoms with Gasteiger partial charge in [0.2, 0.25) is 5.91 Å². The summed E-state index contributed by atoms with van der Waals surface area (Å²) in [5.41, 5.74) is 0.903. The molecule has 2 aromatic carbocycles. The van der Waals surface area contributed by atoms with Gasteiger partial charge in [0.1, 0.15) is 11.4 Å². The van der Waals surface area contributed by atoms with Gasteiger partial charge in [0, 0.05) is 16.9 Å². The van der Waals surface area contributed by atoms with Gasteiger partial charge in [0.15, 0.2) is 16.7 Å². The molecule has 1 amide bonds. The molecular formula is C19H14BrFN4O2S. The number of benzene rings is 2. The number of aromatic nitrogens is 3. The van der Waals surface area contributed by atoms with E-state index in [1.54, 1.807) is 23.7 Å². The molecule has 0 atom stereocenters. The van der Waals surface area contributed by atoms with Crippen LogP contribution in [0.3, 0.4) is 0 Å². The number of carbonyl (C=O) groups excluding carboxylic acids is 1. The summed E-state index contributed by atoms with van der Waals surface area (Å²) in [4.78, 5) is 12.1. The summed E-state index contributed by atoms with van der Waals surface area (Å²) < 4.78 is 22.2. The zero-order valence-corrected chi connectivity index (χ0v) is 17.1. The Labute approximate surface area is 172 Å². The van der Waals surface area contributed by atoms with Gasteiger partial charge in [-0.15, -0.1) is 10.2 Å². The lowest BCUT2D eigenvalue weighted by Gasteiger charge is -2.06. The molecule has 9 heteroatoms. The molecule has 0 aliphatic carbocycles. The van der Waals surface area contributed by atoms with Crippen molar-refractivity contribution in [2.24, 2.45) is 7.05 Å². The smallest absolute Gasteiger partial charge is 0.234 e. The van der Waals surface area contributed by atoms with Crippen LogP contribution < -0.4 is 5.32 Å². The lowest BCUT2D eigenvalue weighted by Crippen LogP contribution is -2.15. The largest absolute Gasteiger partial charge is 0.453 e. The summed E-state index contributed by atoms with van der Waals surface area (Å²) in [7, 11) is 1.80. The van der Waals surface area contributed by atoms with Crippen molar-refractivity contribution in [3.8, 4) is 11.6 Å². The number of nitrogens with zero attached hydrogens (tertiary/aromatic N) is 3. The van der Waals surface area contributed by atoms with Crippen LogP contribution in [0.4, 0.5) is 10.1 Å². The number of hydrogen-bond donors (Lipinski definition) is 1. The van der Waals surface area contributed by atoms with Crippen LogP contribution in [0.1, 0.15) is 0 Å². The summed E-state index contributed by atoms with van der Waals surface area (Å²) in [6, 6.07) is 13.7. The molecular weight excluding hydrogens is 447 g/mol. The van der Waals surface area contributed by atoms with Crippen molar-refractivity contribution in [3.05, 3.63) is 58.8 Å². The highest BCUT2D eigenvalue weighted by atomic mass is 79.9. The summed E-state index contributed by atoms with van der Waals surface area (Å²) in [5.74, 6) is 0.426. The van der Waals surface area contributed by atoms with Gasteiger partial charge in [-0.1, -0.05) is 39.8 Å². The molecule has 0 unspecified atom stereocenters. The maximum Gasteiger partial charge on any atom is 0.234 e. The minimum Gasteiger partial charge on any atom is -0.453 e. The van der Waals surface area contributed by atoms with Crippen LogP contribution in [0.25, 0.3) is 22.6 Å². The fourth-order valence-electron chi connectivity index (χ4n) is 2.66. The summed E-state index contributed by atoms with van der Waals surface area (Å²) in [6.07, 6.45) is 0. The van der Waals surface area contributed by atoms with Crippen molar-refractivity contribution in [2.45, 2.75) is 5.16 Å². The molecule has 0 aliphatic heterocycles. The predicted molar refractivity (Wildman–Crippen MR) is 110 cm³/mol. The Morgan fingerprint density at radius 2 is 2.07 bits per heavy atom. The SMILES string of the molecule is Cn1c(SCC(=O)Nc2ccccc2F)nnc1-c1cc2cc(Br)ccc2o1. The molecule has 2 heterocycles. The molecule has 4 rings (SSSR count). The highest BCUT2D eigenvalue weighted by Crippen LogP contribution is 2.30. The quantitative estimate of drug-likeness (QED) is 0.430. The van der Waals surface area contributed by atoms with E-state index in [0.717, 1.165) is 15.4 Å². The molecule has 0 saturated heterocycles. The molecule has 0 bridgehead atoms. The second-order valence-electron chi connectivity index (χ2n) is 5.97. The lowest BCUT2D eigenvalue weighted by atomic mass is 10.2. The fraction of sp³-hybridized carbons (Fsp3) is 0.105. The van der Waals surface area contributed by atoms with E-state index < -0.39 is 5.82 Å². The third-order valence-electron chi connectivity index (χ3n) is 4.01. The standard InChI is InChI=1S/C19H14BrFN4O2S/c1-25-18(16-9-11-8-12(20)6-7-15(11)27-16)23-24-19(25)28-10-17(26)22-14-5-3-2-4-13(14)21/h2-9H,10H2,1H3,(H,22,26). The average molecular weight is 461 g/mol. The summed E-state index contributed by atoms with van der Waals surface area (Å²) in [6.45, 7) is 0. The van der Waals surface area contributed by atoms with E-state index >= 15 is 0 Å². The second kappa shape index (κ2) is 7.76. The van der Waals surface area contributed by atoms with Gasteiger partial charge >= 0.3 is 0 Å². The van der Waals surface area contributed by atoms with Crippen molar-refractivity contribution >= 4 is 50.3 Å². The van der Waals surface area contributed by atoms with Gasteiger partial charge in [0.25, 0.3) is 0 Å². The Hall–Kier alpha value is -2.65. The maximum atomic E-state index is 13.6. The van der Waals surface area contributed by atoms with E-state index in [-0.39, 0.29) is 17.3 Å². The Morgan fingerprint density at radius 1 is 1.25 bits per heavy atom. The number of carbonyl (C=O) groups is 1. The van der Waals surface area contributed by atoms with E-state index in [0.29, 0.717) is 16.7 Å². The Bertz CT molecular complexity index is 1170. The van der Waals surface area contributed by atoms with Gasteiger partial charge in [-0.3, -0.25) is 4.79 Å². The van der Waals surface area contributed by atoms with Gasteiger partial charge in [-0.25, -0.2) is 4.39 Å². The lowest BCUT2D eigenvalue weighted by molar-refractivity contribution is -0.113. The first-order valence-electron chi connectivity index (χ1n) is 8.27. The molecule has 6 nitrogen and oxygen atoms in total. The van der Waals surface area contributed by atoms with Gasteiger partial charge in [0.05, 0.1) is 11.4 Å². The minimum absolute atomic E-state index is 0.0768. The molecule has 142 valence electrons. The number of anilines is 1. The molecule has 28 heavy (non-hydrogen) atoms. The van der Waals surface area contributed by atoms with Gasteiger partial charge < -0.3 is 14.3 Å². The normalized spacial score (nSPS) is 11.1. The minimum atomic E-state index is -0.474. The predicted octanol–water partition coefficient (Wildman–Crippen LogP) is 4.86. The fourth-order valence-corrected chi connectivity index (χ4v) is 3.75. The first-order chi connectivity index (χ1) is 13.5. The summed E-state index contributed by atoms with van der Waals surface area (Å²) >= 11 is 4.65. The second-order valence-corrected chi connectivity index (χ2v) is 7.83. The van der Waals surface area contributed by atoms with Crippen molar-refractivity contribution in [3.63, 3.8) is 0 Å².